The Morgan fingerprint density at radius 3 is 2.47 bits per heavy atom. The third kappa shape index (κ3) is 3.66. The lowest BCUT2D eigenvalue weighted by atomic mass is 10.1. The number of nitrogens with zero attached hydrogens (tertiary/aromatic N) is 1. The Kier molecular flexibility index (Phi) is 4.72. The molecule has 0 saturated carbocycles. The van der Waals surface area contributed by atoms with Crippen molar-refractivity contribution in [1.82, 2.24) is 4.90 Å². The number of amides is 1. The second-order valence-corrected chi connectivity index (χ2v) is 5.92. The highest BCUT2D eigenvalue weighted by Gasteiger charge is 2.20. The fourth-order valence-corrected chi connectivity index (χ4v) is 2.92. The van der Waals surface area contributed by atoms with Crippen LogP contribution in [0.4, 0.5) is 0 Å². The molecule has 1 saturated heterocycles. The van der Waals surface area contributed by atoms with Gasteiger partial charge in [0.25, 0.3) is 5.91 Å². The zero-order valence-electron chi connectivity index (χ0n) is 10.6. The molecule has 1 aromatic rings. The number of carbonyl (C=O) groups excluding carboxylic acids is 1. The maximum Gasteiger partial charge on any atom is 0.253 e. The first kappa shape index (κ1) is 13.8. The van der Waals surface area contributed by atoms with Crippen LogP contribution in [-0.4, -0.2) is 46.2 Å². The third-order valence-corrected chi connectivity index (χ3v) is 4.21. The lowest BCUT2D eigenvalue weighted by Crippen LogP contribution is -2.41. The van der Waals surface area contributed by atoms with Crippen molar-refractivity contribution in [3.8, 4) is 11.8 Å². The molecular formula is C14H16N2O2S. The van der Waals surface area contributed by atoms with Gasteiger partial charge in [-0.05, 0) is 24.3 Å². The van der Waals surface area contributed by atoms with E-state index in [4.69, 9.17) is 5.73 Å². The number of nitrogens with two attached hydrogens (primary N) is 1. The molecule has 19 heavy (non-hydrogen) atoms. The SMILES string of the molecule is NCC#Cc1ccc(C(=O)N2CCS(=O)CC2)cc1. The van der Waals surface area contributed by atoms with Crippen molar-refractivity contribution in [2.45, 2.75) is 0 Å². The Balaban J connectivity index is 2.05. The Bertz CT molecular complexity index is 533. The molecule has 1 heterocycles. The minimum absolute atomic E-state index is 0.00460. The van der Waals surface area contributed by atoms with Crippen molar-refractivity contribution < 1.29 is 9.00 Å². The maximum absolute atomic E-state index is 12.2. The molecule has 2 rings (SSSR count). The molecule has 0 atom stereocenters. The zero-order valence-corrected chi connectivity index (χ0v) is 11.4. The number of carbonyl (C=O) groups is 1. The first-order valence-electron chi connectivity index (χ1n) is 6.14. The summed E-state index contributed by atoms with van der Waals surface area (Å²) in [6, 6.07) is 7.18. The highest BCUT2D eigenvalue weighted by molar-refractivity contribution is 7.85. The van der Waals surface area contributed by atoms with E-state index >= 15 is 0 Å². The van der Waals surface area contributed by atoms with E-state index in [1.165, 1.54) is 0 Å². The maximum atomic E-state index is 12.2. The summed E-state index contributed by atoms with van der Waals surface area (Å²) >= 11 is 0. The standard InChI is InChI=1S/C14H16N2O2S/c15-7-1-2-12-3-5-13(6-4-12)14(17)16-8-10-19(18)11-9-16/h3-6H,7-11,15H2. The van der Waals surface area contributed by atoms with E-state index in [1.54, 1.807) is 17.0 Å². The van der Waals surface area contributed by atoms with Gasteiger partial charge < -0.3 is 10.6 Å². The second kappa shape index (κ2) is 6.50. The molecule has 0 unspecified atom stereocenters. The highest BCUT2D eigenvalue weighted by atomic mass is 32.2. The Morgan fingerprint density at radius 1 is 1.26 bits per heavy atom. The summed E-state index contributed by atoms with van der Waals surface area (Å²) in [4.78, 5) is 14.0. The third-order valence-electron chi connectivity index (χ3n) is 2.93. The molecule has 0 bridgehead atoms. The summed E-state index contributed by atoms with van der Waals surface area (Å²) in [5.41, 5.74) is 6.80. The largest absolute Gasteiger partial charge is 0.337 e. The van der Waals surface area contributed by atoms with Crippen LogP contribution in [-0.2, 0) is 10.8 Å². The molecule has 2 N–H and O–H groups in total. The van der Waals surface area contributed by atoms with Gasteiger partial charge in [0.05, 0.1) is 6.54 Å². The van der Waals surface area contributed by atoms with E-state index in [0.29, 0.717) is 36.7 Å². The van der Waals surface area contributed by atoms with Gasteiger partial charge >= 0.3 is 0 Å². The van der Waals surface area contributed by atoms with Gasteiger partial charge in [-0.3, -0.25) is 9.00 Å². The van der Waals surface area contributed by atoms with Gasteiger partial charge in [-0.1, -0.05) is 11.8 Å². The van der Waals surface area contributed by atoms with E-state index in [9.17, 15) is 9.00 Å². The van der Waals surface area contributed by atoms with Crippen molar-refractivity contribution in [3.63, 3.8) is 0 Å². The number of hydrogen-bond acceptors (Lipinski definition) is 3. The molecule has 1 aliphatic rings. The van der Waals surface area contributed by atoms with Crippen LogP contribution in [0.2, 0.25) is 0 Å². The van der Waals surface area contributed by atoms with Crippen LogP contribution in [0.1, 0.15) is 15.9 Å². The molecule has 1 aliphatic heterocycles. The minimum atomic E-state index is -0.765. The Labute approximate surface area is 115 Å². The van der Waals surface area contributed by atoms with Crippen LogP contribution in [0, 0.1) is 11.8 Å². The van der Waals surface area contributed by atoms with E-state index in [0.717, 1.165) is 5.56 Å². The summed E-state index contributed by atoms with van der Waals surface area (Å²) in [5, 5.41) is 0. The van der Waals surface area contributed by atoms with Crippen molar-refractivity contribution in [1.29, 1.82) is 0 Å². The molecular weight excluding hydrogens is 260 g/mol. The summed E-state index contributed by atoms with van der Waals surface area (Å²) in [6.45, 7) is 1.46. The van der Waals surface area contributed by atoms with Crippen molar-refractivity contribution >= 4 is 16.7 Å². The predicted molar refractivity (Wildman–Crippen MR) is 76.2 cm³/mol. The quantitative estimate of drug-likeness (QED) is 0.745. The molecule has 1 aromatic carbocycles. The molecule has 1 fully saturated rings. The van der Waals surface area contributed by atoms with Crippen LogP contribution < -0.4 is 5.73 Å². The van der Waals surface area contributed by atoms with E-state index < -0.39 is 10.8 Å². The lowest BCUT2D eigenvalue weighted by molar-refractivity contribution is 0.0771. The van der Waals surface area contributed by atoms with Gasteiger partial charge in [0.15, 0.2) is 0 Å². The predicted octanol–water partition coefficient (Wildman–Crippen LogP) is 0.201. The van der Waals surface area contributed by atoms with Crippen molar-refractivity contribution in [3.05, 3.63) is 35.4 Å². The topological polar surface area (TPSA) is 63.4 Å². The van der Waals surface area contributed by atoms with Gasteiger partial charge in [0.1, 0.15) is 0 Å². The fraction of sp³-hybridized carbons (Fsp3) is 0.357. The molecule has 0 aromatic heterocycles. The average Bonchev–Trinajstić information content (AvgIpc) is 2.46. The molecule has 1 amide bonds. The van der Waals surface area contributed by atoms with Gasteiger partial charge in [-0.15, -0.1) is 0 Å². The van der Waals surface area contributed by atoms with Crippen molar-refractivity contribution in [2.75, 3.05) is 31.1 Å². The zero-order chi connectivity index (χ0) is 13.7. The second-order valence-electron chi connectivity index (χ2n) is 4.22. The number of benzene rings is 1. The Morgan fingerprint density at radius 2 is 1.89 bits per heavy atom. The first-order chi connectivity index (χ1) is 9.20. The van der Waals surface area contributed by atoms with E-state index in [2.05, 4.69) is 11.8 Å². The van der Waals surface area contributed by atoms with Gasteiger partial charge in [-0.25, -0.2) is 0 Å². The van der Waals surface area contributed by atoms with Crippen LogP contribution in [0.25, 0.3) is 0 Å². The average molecular weight is 276 g/mol. The Hall–Kier alpha value is -1.64. The smallest absolute Gasteiger partial charge is 0.253 e. The highest BCUT2D eigenvalue weighted by Crippen LogP contribution is 2.09. The normalized spacial score (nSPS) is 15.7. The van der Waals surface area contributed by atoms with Gasteiger partial charge in [0, 0.05) is 46.5 Å². The van der Waals surface area contributed by atoms with Crippen molar-refractivity contribution in [2.24, 2.45) is 5.73 Å². The van der Waals surface area contributed by atoms with Crippen LogP contribution in [0.3, 0.4) is 0 Å². The van der Waals surface area contributed by atoms with E-state index in [1.807, 2.05) is 12.1 Å². The summed E-state index contributed by atoms with van der Waals surface area (Å²) in [6.07, 6.45) is 0. The van der Waals surface area contributed by atoms with Crippen LogP contribution >= 0.6 is 0 Å². The van der Waals surface area contributed by atoms with Gasteiger partial charge in [-0.2, -0.15) is 0 Å². The molecule has 0 aliphatic carbocycles. The van der Waals surface area contributed by atoms with Crippen LogP contribution in [0.15, 0.2) is 24.3 Å². The summed E-state index contributed by atoms with van der Waals surface area (Å²) < 4.78 is 11.3. The monoisotopic (exact) mass is 276 g/mol. The molecule has 0 spiro atoms. The minimum Gasteiger partial charge on any atom is -0.337 e. The molecule has 4 nitrogen and oxygen atoms in total. The molecule has 0 radical (unpaired) electrons. The van der Waals surface area contributed by atoms with Crippen LogP contribution in [0.5, 0.6) is 0 Å². The first-order valence-corrected chi connectivity index (χ1v) is 7.63. The summed E-state index contributed by atoms with van der Waals surface area (Å²) in [5.74, 6) is 6.83. The molecule has 100 valence electrons. The van der Waals surface area contributed by atoms with Gasteiger partial charge in [0.2, 0.25) is 0 Å². The lowest BCUT2D eigenvalue weighted by Gasteiger charge is -2.26. The summed E-state index contributed by atoms with van der Waals surface area (Å²) in [7, 11) is -0.765. The van der Waals surface area contributed by atoms with E-state index in [-0.39, 0.29) is 5.91 Å². The molecule has 5 heteroatoms. The number of rotatable bonds is 1. The number of hydrogen-bond donors (Lipinski definition) is 1. The fourth-order valence-electron chi connectivity index (χ4n) is 1.87.